The maximum absolute atomic E-state index is 13.6. The van der Waals surface area contributed by atoms with Crippen molar-refractivity contribution >= 4 is 23.7 Å². The summed E-state index contributed by atoms with van der Waals surface area (Å²) in [7, 11) is 1.39. The van der Waals surface area contributed by atoms with Crippen molar-refractivity contribution in [3.05, 3.63) is 87.1 Å². The number of benzene rings is 2. The van der Waals surface area contributed by atoms with Crippen molar-refractivity contribution in [2.45, 2.75) is 19.6 Å². The van der Waals surface area contributed by atoms with E-state index in [4.69, 9.17) is 0 Å². The fourth-order valence-corrected chi connectivity index (χ4v) is 3.61. The van der Waals surface area contributed by atoms with Crippen LogP contribution in [-0.4, -0.2) is 39.4 Å². The van der Waals surface area contributed by atoms with Crippen LogP contribution in [0.25, 0.3) is 0 Å². The number of anilines is 1. The molecule has 3 N–H and O–H groups in total. The van der Waals surface area contributed by atoms with Crippen LogP contribution in [0.3, 0.4) is 0 Å². The maximum Gasteiger partial charge on any atom is 0.298 e. The predicted octanol–water partition coefficient (Wildman–Crippen LogP) is 0.924. The zero-order chi connectivity index (χ0) is 24.4. The van der Waals surface area contributed by atoms with Gasteiger partial charge in [-0.1, -0.05) is 36.4 Å². The Morgan fingerprint density at radius 3 is 2.56 bits per heavy atom. The van der Waals surface area contributed by atoms with Gasteiger partial charge in [0, 0.05) is 19.2 Å². The first-order chi connectivity index (χ1) is 16.3. The topological polar surface area (TPSA) is 134 Å². The van der Waals surface area contributed by atoms with Crippen LogP contribution in [-0.2, 0) is 24.4 Å². The number of fused-ring (bicyclic) bond motifs is 1. The van der Waals surface area contributed by atoms with Gasteiger partial charge in [-0.25, -0.2) is 9.37 Å². The fourth-order valence-electron chi connectivity index (χ4n) is 3.61. The molecule has 0 bridgehead atoms. The van der Waals surface area contributed by atoms with Gasteiger partial charge in [0.1, 0.15) is 12.4 Å². The van der Waals surface area contributed by atoms with E-state index < -0.39 is 40.5 Å². The van der Waals surface area contributed by atoms with Gasteiger partial charge in [-0.3, -0.25) is 28.6 Å². The number of nitrogens with one attached hydrogen (secondary N) is 2. The van der Waals surface area contributed by atoms with Gasteiger partial charge in [-0.05, 0) is 23.3 Å². The largest absolute Gasteiger partial charge is 0.501 e. The summed E-state index contributed by atoms with van der Waals surface area (Å²) in [5.41, 5.74) is -0.365. The molecule has 2 aromatic carbocycles. The monoisotopic (exact) mass is 465 g/mol. The molecule has 0 unspecified atom stereocenters. The Morgan fingerprint density at radius 2 is 1.85 bits per heavy atom. The lowest BCUT2D eigenvalue weighted by Crippen LogP contribution is -2.31. The minimum atomic E-state index is -0.924. The lowest BCUT2D eigenvalue weighted by Gasteiger charge is -2.16. The molecule has 0 atom stereocenters. The van der Waals surface area contributed by atoms with Gasteiger partial charge in [0.25, 0.3) is 17.4 Å². The van der Waals surface area contributed by atoms with Gasteiger partial charge < -0.3 is 15.7 Å². The Labute approximate surface area is 192 Å². The van der Waals surface area contributed by atoms with Crippen LogP contribution in [0.4, 0.5) is 10.3 Å². The smallest absolute Gasteiger partial charge is 0.298 e. The van der Waals surface area contributed by atoms with Crippen molar-refractivity contribution in [1.29, 1.82) is 0 Å². The Bertz CT molecular complexity index is 1360. The van der Waals surface area contributed by atoms with Crippen LogP contribution >= 0.6 is 0 Å². The third-order valence-electron chi connectivity index (χ3n) is 5.34. The summed E-state index contributed by atoms with van der Waals surface area (Å²) in [5, 5.41) is 15.2. The van der Waals surface area contributed by atoms with Crippen molar-refractivity contribution in [3.8, 4) is 5.75 Å². The van der Waals surface area contributed by atoms with Crippen LogP contribution in [0.1, 0.15) is 32.0 Å². The highest BCUT2D eigenvalue weighted by Crippen LogP contribution is 2.24. The molecular weight excluding hydrogens is 445 g/mol. The molecule has 0 spiro atoms. The van der Waals surface area contributed by atoms with Crippen LogP contribution < -0.4 is 21.1 Å². The van der Waals surface area contributed by atoms with E-state index in [1.807, 2.05) is 6.07 Å². The van der Waals surface area contributed by atoms with Gasteiger partial charge >= 0.3 is 0 Å². The molecule has 4 rings (SSSR count). The lowest BCUT2D eigenvalue weighted by atomic mass is 10.1. The van der Waals surface area contributed by atoms with E-state index in [1.165, 1.54) is 18.0 Å². The highest BCUT2D eigenvalue weighted by molar-refractivity contribution is 5.99. The number of aromatic nitrogens is 2. The zero-order valence-corrected chi connectivity index (χ0v) is 18.0. The minimum Gasteiger partial charge on any atom is -0.501 e. The van der Waals surface area contributed by atoms with E-state index in [0.717, 1.165) is 22.3 Å². The molecule has 1 aliphatic rings. The third kappa shape index (κ3) is 4.22. The molecule has 0 saturated carbocycles. The van der Waals surface area contributed by atoms with Crippen molar-refractivity contribution in [2.24, 2.45) is 0 Å². The van der Waals surface area contributed by atoms with Crippen LogP contribution in [0, 0.1) is 5.82 Å². The van der Waals surface area contributed by atoms with Gasteiger partial charge in [-0.15, -0.1) is 0 Å². The molecule has 10 nitrogen and oxygen atoms in total. The van der Waals surface area contributed by atoms with E-state index in [1.54, 1.807) is 24.3 Å². The summed E-state index contributed by atoms with van der Waals surface area (Å²) in [6.07, 6.45) is 0. The summed E-state index contributed by atoms with van der Waals surface area (Å²) in [6, 6.07) is 12.5. The number of hydrogen-bond donors (Lipinski definition) is 3. The number of aromatic hydroxyl groups is 1. The summed E-state index contributed by atoms with van der Waals surface area (Å²) in [4.78, 5) is 55.4. The third-order valence-corrected chi connectivity index (χ3v) is 5.34. The molecule has 34 heavy (non-hydrogen) atoms. The number of halogens is 1. The molecule has 0 aliphatic carbocycles. The molecule has 11 heteroatoms. The van der Waals surface area contributed by atoms with Crippen molar-refractivity contribution in [1.82, 2.24) is 20.2 Å². The lowest BCUT2D eigenvalue weighted by molar-refractivity contribution is -0.118. The summed E-state index contributed by atoms with van der Waals surface area (Å²) >= 11 is 0. The number of hydrogen-bond acceptors (Lipinski definition) is 6. The normalized spacial score (nSPS) is 12.4. The standard InChI is InChI=1S/C23H20FN5O5/c1-25-20(32)16-9-15(24)8-7-14(16)10-26-21(33)18-19(31)22(34)29-12-17(30)28(23(29)27-18)11-13-5-3-2-4-6-13/h2-9,31H,10-12H2,1H3,(H,25,32)(H,26,33). The first-order valence-corrected chi connectivity index (χ1v) is 10.3. The van der Waals surface area contributed by atoms with Crippen molar-refractivity contribution < 1.29 is 23.9 Å². The first kappa shape index (κ1) is 22.6. The zero-order valence-electron chi connectivity index (χ0n) is 18.0. The Balaban J connectivity index is 1.62. The predicted molar refractivity (Wildman–Crippen MR) is 119 cm³/mol. The summed E-state index contributed by atoms with van der Waals surface area (Å²) < 4.78 is 14.6. The van der Waals surface area contributed by atoms with Gasteiger partial charge in [0.2, 0.25) is 17.6 Å². The maximum atomic E-state index is 13.6. The van der Waals surface area contributed by atoms with Crippen LogP contribution in [0.15, 0.2) is 53.3 Å². The van der Waals surface area contributed by atoms with E-state index in [-0.39, 0.29) is 31.1 Å². The fraction of sp³-hybridized carbons (Fsp3) is 0.174. The average molecular weight is 465 g/mol. The Hall–Kier alpha value is -4.54. The molecule has 0 saturated heterocycles. The SMILES string of the molecule is CNC(=O)c1cc(F)ccc1CNC(=O)c1nc2n(c(=O)c1O)CC(=O)N2Cc1ccccc1. The molecule has 0 radical (unpaired) electrons. The molecule has 2 heterocycles. The van der Waals surface area contributed by atoms with E-state index in [9.17, 15) is 28.7 Å². The second kappa shape index (κ2) is 9.14. The molecule has 1 aromatic heterocycles. The summed E-state index contributed by atoms with van der Waals surface area (Å²) in [6.45, 7) is -0.383. The van der Waals surface area contributed by atoms with Crippen molar-refractivity contribution in [3.63, 3.8) is 0 Å². The quantitative estimate of drug-likeness (QED) is 0.496. The van der Waals surface area contributed by atoms with E-state index >= 15 is 0 Å². The first-order valence-electron chi connectivity index (χ1n) is 10.3. The van der Waals surface area contributed by atoms with E-state index in [2.05, 4.69) is 15.6 Å². The number of carbonyl (C=O) groups is 3. The van der Waals surface area contributed by atoms with Crippen LogP contribution in [0.5, 0.6) is 5.75 Å². The number of rotatable bonds is 6. The molecule has 0 fully saturated rings. The van der Waals surface area contributed by atoms with Gasteiger partial charge in [0.05, 0.1) is 6.54 Å². The van der Waals surface area contributed by atoms with Crippen LogP contribution in [0.2, 0.25) is 0 Å². The Morgan fingerprint density at radius 1 is 1.12 bits per heavy atom. The molecular formula is C23H20FN5O5. The molecule has 174 valence electrons. The Kier molecular flexibility index (Phi) is 6.09. The second-order valence-electron chi connectivity index (χ2n) is 7.53. The number of amides is 3. The van der Waals surface area contributed by atoms with Gasteiger partial charge in [0.15, 0.2) is 5.69 Å². The van der Waals surface area contributed by atoms with Crippen molar-refractivity contribution in [2.75, 3.05) is 11.9 Å². The summed E-state index contributed by atoms with van der Waals surface area (Å²) in [5.74, 6) is -3.44. The number of carbonyl (C=O) groups excluding carboxylic acids is 3. The minimum absolute atomic E-state index is 0.0219. The highest BCUT2D eigenvalue weighted by Gasteiger charge is 2.33. The second-order valence-corrected chi connectivity index (χ2v) is 7.53. The van der Waals surface area contributed by atoms with Gasteiger partial charge in [-0.2, -0.15) is 0 Å². The average Bonchev–Trinajstić information content (AvgIpc) is 3.15. The molecule has 3 aromatic rings. The molecule has 3 amide bonds. The van der Waals surface area contributed by atoms with E-state index in [0.29, 0.717) is 5.56 Å². The number of nitrogens with zero attached hydrogens (tertiary/aromatic N) is 3. The molecule has 1 aliphatic heterocycles. The highest BCUT2D eigenvalue weighted by atomic mass is 19.1.